The Balaban J connectivity index is 2.37. The number of hydrogen-bond acceptors (Lipinski definition) is 6. The summed E-state index contributed by atoms with van der Waals surface area (Å²) in [5.41, 5.74) is -0.791. The van der Waals surface area contributed by atoms with Crippen LogP contribution in [-0.4, -0.2) is 37.8 Å². The molecule has 25 heavy (non-hydrogen) atoms. The zero-order chi connectivity index (χ0) is 18.4. The van der Waals surface area contributed by atoms with Gasteiger partial charge in [0.1, 0.15) is 12.2 Å². The molecule has 1 aromatic rings. The molecule has 1 aromatic carbocycles. The summed E-state index contributed by atoms with van der Waals surface area (Å²) in [6.45, 7) is 0. The van der Waals surface area contributed by atoms with Gasteiger partial charge in [0.2, 0.25) is 5.76 Å². The highest BCUT2D eigenvalue weighted by atomic mass is 16.7. The summed E-state index contributed by atoms with van der Waals surface area (Å²) < 4.78 is 15.6. The van der Waals surface area contributed by atoms with E-state index in [1.807, 2.05) is 6.07 Å². The summed E-state index contributed by atoms with van der Waals surface area (Å²) in [6, 6.07) is 8.78. The van der Waals surface area contributed by atoms with Crippen LogP contribution in [0.4, 0.5) is 0 Å². The molecule has 0 aromatic heterocycles. The lowest BCUT2D eigenvalue weighted by atomic mass is 9.94. The molecule has 1 unspecified atom stereocenters. The van der Waals surface area contributed by atoms with Crippen LogP contribution in [0.3, 0.4) is 0 Å². The summed E-state index contributed by atoms with van der Waals surface area (Å²) in [5.74, 6) is 0.179. The molecule has 0 saturated carbocycles. The van der Waals surface area contributed by atoms with E-state index < -0.39 is 10.6 Å². The molecule has 0 aliphatic heterocycles. The number of methoxy groups -OCH3 is 3. The van der Waals surface area contributed by atoms with Gasteiger partial charge in [0.25, 0.3) is 0 Å². The van der Waals surface area contributed by atoms with Gasteiger partial charge in [-0.05, 0) is 18.2 Å². The Morgan fingerprint density at radius 3 is 2.40 bits per heavy atom. The predicted molar refractivity (Wildman–Crippen MR) is 90.4 cm³/mol. The number of benzene rings is 1. The highest BCUT2D eigenvalue weighted by molar-refractivity contribution is 6.04. The van der Waals surface area contributed by atoms with E-state index in [0.717, 1.165) is 0 Å². The summed E-state index contributed by atoms with van der Waals surface area (Å²) in [5, 5.41) is 11.5. The number of carbonyl (C=O) groups is 1. The molecule has 0 heterocycles. The third-order valence-electron chi connectivity index (χ3n) is 3.97. The van der Waals surface area contributed by atoms with Crippen molar-refractivity contribution < 1.29 is 23.9 Å². The van der Waals surface area contributed by atoms with E-state index >= 15 is 0 Å². The van der Waals surface area contributed by atoms with Crippen LogP contribution < -0.4 is 0 Å². The Morgan fingerprint density at radius 1 is 1.20 bits per heavy atom. The van der Waals surface area contributed by atoms with Crippen LogP contribution in [0.1, 0.15) is 16.8 Å². The number of allylic oxidation sites excluding steroid dienone is 4. The van der Waals surface area contributed by atoms with Crippen molar-refractivity contribution in [2.24, 2.45) is 0 Å². The van der Waals surface area contributed by atoms with Gasteiger partial charge in [-0.1, -0.05) is 30.3 Å². The average Bonchev–Trinajstić information content (AvgIpc) is 2.65. The number of nitrogens with zero attached hydrogens (tertiary/aromatic N) is 1. The van der Waals surface area contributed by atoms with Gasteiger partial charge in [0, 0.05) is 18.2 Å². The Hall–Kier alpha value is -2.93. The molecule has 0 N–H and O–H groups in total. The van der Waals surface area contributed by atoms with E-state index in [9.17, 15) is 14.9 Å². The Kier molecular flexibility index (Phi) is 5.71. The van der Waals surface area contributed by atoms with Gasteiger partial charge in [-0.15, -0.1) is 0 Å². The van der Waals surface area contributed by atoms with Crippen molar-refractivity contribution in [3.05, 3.63) is 81.3 Å². The molecule has 0 fully saturated rings. The molecule has 0 radical (unpaired) electrons. The van der Waals surface area contributed by atoms with Gasteiger partial charge in [-0.3, -0.25) is 14.9 Å². The Bertz CT molecular complexity index is 750. The first kappa shape index (κ1) is 18.4. The fourth-order valence-electron chi connectivity index (χ4n) is 2.56. The van der Waals surface area contributed by atoms with Crippen molar-refractivity contribution in [1.29, 1.82) is 0 Å². The summed E-state index contributed by atoms with van der Waals surface area (Å²) >= 11 is 0. The lowest BCUT2D eigenvalue weighted by molar-refractivity contribution is -0.620. The van der Waals surface area contributed by atoms with Gasteiger partial charge in [0.15, 0.2) is 5.78 Å². The number of rotatable bonds is 7. The van der Waals surface area contributed by atoms with Gasteiger partial charge in [-0.25, -0.2) is 0 Å². The second-order valence-electron chi connectivity index (χ2n) is 5.28. The molecule has 132 valence electrons. The first-order chi connectivity index (χ1) is 12.0. The third-order valence-corrected chi connectivity index (χ3v) is 3.97. The quantitative estimate of drug-likeness (QED) is 0.248. The van der Waals surface area contributed by atoms with Crippen LogP contribution in [0, 0.1) is 10.1 Å². The molecule has 1 atom stereocenters. The third kappa shape index (κ3) is 3.61. The number of hydrogen-bond donors (Lipinski definition) is 0. The molecule has 1 aliphatic carbocycles. The van der Waals surface area contributed by atoms with Crippen LogP contribution in [0.2, 0.25) is 0 Å². The van der Waals surface area contributed by atoms with Crippen molar-refractivity contribution in [2.45, 2.75) is 12.1 Å². The minimum absolute atomic E-state index is 0.0348. The van der Waals surface area contributed by atoms with E-state index in [0.29, 0.717) is 16.9 Å². The summed E-state index contributed by atoms with van der Waals surface area (Å²) in [4.78, 5) is 23.1. The fraction of sp³-hybridized carbons (Fsp3) is 0.278. The smallest absolute Gasteiger partial charge is 0.389 e. The molecule has 7 nitrogen and oxygen atoms in total. The van der Waals surface area contributed by atoms with Gasteiger partial charge in [-0.2, -0.15) is 0 Å². The van der Waals surface area contributed by atoms with Crippen molar-refractivity contribution in [2.75, 3.05) is 21.3 Å². The topological polar surface area (TPSA) is 87.9 Å². The number of ketones is 1. The minimum Gasteiger partial charge on any atom is -0.500 e. The number of nitro groups is 1. The molecular weight excluding hydrogens is 326 g/mol. The van der Waals surface area contributed by atoms with E-state index in [4.69, 9.17) is 14.2 Å². The second kappa shape index (κ2) is 7.76. The van der Waals surface area contributed by atoms with E-state index in [1.54, 1.807) is 30.3 Å². The lowest BCUT2D eigenvalue weighted by Gasteiger charge is -2.29. The van der Waals surface area contributed by atoms with Gasteiger partial charge < -0.3 is 14.2 Å². The molecule has 0 amide bonds. The van der Waals surface area contributed by atoms with Crippen molar-refractivity contribution >= 4 is 5.78 Å². The Labute approximate surface area is 145 Å². The van der Waals surface area contributed by atoms with Crippen molar-refractivity contribution in [3.63, 3.8) is 0 Å². The minimum atomic E-state index is -1.85. The summed E-state index contributed by atoms with van der Waals surface area (Å²) in [7, 11) is 3.98. The molecule has 7 heteroatoms. The lowest BCUT2D eigenvalue weighted by Crippen LogP contribution is -2.45. The maximum atomic E-state index is 12.2. The molecule has 0 saturated heterocycles. The average molecular weight is 345 g/mol. The molecule has 1 aliphatic rings. The zero-order valence-electron chi connectivity index (χ0n) is 14.2. The largest absolute Gasteiger partial charge is 0.500 e. The normalized spacial score (nSPS) is 20.4. The van der Waals surface area contributed by atoms with Gasteiger partial charge in [0.05, 0.1) is 19.1 Å². The maximum absolute atomic E-state index is 12.2. The molecule has 0 spiro atoms. The highest BCUT2D eigenvalue weighted by Gasteiger charge is 2.52. The monoisotopic (exact) mass is 345 g/mol. The molecule has 2 rings (SSSR count). The van der Waals surface area contributed by atoms with Crippen molar-refractivity contribution in [3.8, 4) is 0 Å². The van der Waals surface area contributed by atoms with Crippen LogP contribution in [0.25, 0.3) is 0 Å². The standard InChI is InChI=1S/C18H19NO6/c1-23-16-12-18(25-3,19(21)22)17(24-2)11-14(16)9-10-15(20)13-7-5-4-6-8-13/h4-11H,12H2,1-3H3. The highest BCUT2D eigenvalue weighted by Crippen LogP contribution is 2.37. The SMILES string of the molecule is COC1=CC(C=CC(=O)c2ccccc2)=C(OC)CC1(OC)[N+](=O)[O-]. The van der Waals surface area contributed by atoms with Crippen LogP contribution in [-0.2, 0) is 14.2 Å². The molecular formula is C18H19NO6. The fourth-order valence-corrected chi connectivity index (χ4v) is 2.56. The summed E-state index contributed by atoms with van der Waals surface area (Å²) in [6.07, 6.45) is 4.24. The zero-order valence-corrected chi connectivity index (χ0v) is 14.2. The van der Waals surface area contributed by atoms with E-state index in [-0.39, 0.29) is 18.0 Å². The van der Waals surface area contributed by atoms with Crippen LogP contribution in [0.15, 0.2) is 65.7 Å². The predicted octanol–water partition coefficient (Wildman–Crippen LogP) is 2.88. The first-order valence-corrected chi connectivity index (χ1v) is 7.49. The van der Waals surface area contributed by atoms with E-state index in [2.05, 4.69) is 0 Å². The molecule has 0 bridgehead atoms. The van der Waals surface area contributed by atoms with Crippen molar-refractivity contribution in [1.82, 2.24) is 0 Å². The second-order valence-corrected chi connectivity index (χ2v) is 5.28. The van der Waals surface area contributed by atoms with Gasteiger partial charge >= 0.3 is 5.72 Å². The van der Waals surface area contributed by atoms with Crippen LogP contribution in [0.5, 0.6) is 0 Å². The first-order valence-electron chi connectivity index (χ1n) is 7.49. The van der Waals surface area contributed by atoms with Crippen LogP contribution >= 0.6 is 0 Å². The van der Waals surface area contributed by atoms with E-state index in [1.165, 1.54) is 33.5 Å². The number of ether oxygens (including phenoxy) is 3. The Morgan fingerprint density at radius 2 is 1.88 bits per heavy atom. The number of carbonyl (C=O) groups excluding carboxylic acids is 1. The maximum Gasteiger partial charge on any atom is 0.389 e.